The van der Waals surface area contributed by atoms with Gasteiger partial charge in [-0.3, -0.25) is 9.59 Å². The summed E-state index contributed by atoms with van der Waals surface area (Å²) in [5.41, 5.74) is 2.82. The average molecular weight is 488 g/mol. The summed E-state index contributed by atoms with van der Waals surface area (Å²) in [6.45, 7) is 0. The zero-order chi connectivity index (χ0) is 24.2. The largest absolute Gasteiger partial charge is 0.346 e. The van der Waals surface area contributed by atoms with Crippen LogP contribution in [0.4, 0.5) is 0 Å². The van der Waals surface area contributed by atoms with E-state index in [1.165, 1.54) is 6.20 Å². The van der Waals surface area contributed by atoms with Crippen LogP contribution in [-0.4, -0.2) is 47.6 Å². The molecular formula is C25H25N7O2S. The van der Waals surface area contributed by atoms with E-state index in [9.17, 15) is 9.59 Å². The molecule has 0 spiro atoms. The van der Waals surface area contributed by atoms with E-state index < -0.39 is 0 Å². The molecule has 1 atom stereocenters. The minimum absolute atomic E-state index is 0.129. The fourth-order valence-corrected chi connectivity index (χ4v) is 4.46. The highest BCUT2D eigenvalue weighted by molar-refractivity contribution is 7.98. The van der Waals surface area contributed by atoms with Gasteiger partial charge in [0.2, 0.25) is 5.91 Å². The Morgan fingerprint density at radius 2 is 1.89 bits per heavy atom. The molecule has 1 unspecified atom stereocenters. The number of aromatic amines is 2. The Morgan fingerprint density at radius 1 is 1.09 bits per heavy atom. The third-order valence-corrected chi connectivity index (χ3v) is 6.40. The third kappa shape index (κ3) is 4.97. The number of fused-ring (bicyclic) bond motifs is 2. The number of nitrogens with zero attached hydrogens (tertiary/aromatic N) is 4. The van der Waals surface area contributed by atoms with Gasteiger partial charge in [-0.15, -0.1) is 0 Å². The molecule has 2 aromatic carbocycles. The topological polar surface area (TPSA) is 121 Å². The summed E-state index contributed by atoms with van der Waals surface area (Å²) in [6, 6.07) is 17.1. The van der Waals surface area contributed by atoms with Gasteiger partial charge in [0.15, 0.2) is 5.65 Å². The molecule has 0 saturated heterocycles. The predicted molar refractivity (Wildman–Crippen MR) is 138 cm³/mol. The lowest BCUT2D eigenvalue weighted by Gasteiger charge is -2.16. The summed E-state index contributed by atoms with van der Waals surface area (Å²) in [6.07, 6.45) is 4.78. The van der Waals surface area contributed by atoms with Gasteiger partial charge in [0, 0.05) is 12.8 Å². The van der Waals surface area contributed by atoms with Crippen molar-refractivity contribution >= 4 is 39.7 Å². The van der Waals surface area contributed by atoms with E-state index in [0.29, 0.717) is 23.3 Å². The molecule has 0 aliphatic heterocycles. The summed E-state index contributed by atoms with van der Waals surface area (Å²) in [5.74, 6) is 1.95. The lowest BCUT2D eigenvalue weighted by molar-refractivity contribution is -0.121. The molecule has 5 rings (SSSR count). The van der Waals surface area contributed by atoms with E-state index in [-0.39, 0.29) is 23.9 Å². The number of rotatable bonds is 9. The lowest BCUT2D eigenvalue weighted by atomic mass is 10.2. The van der Waals surface area contributed by atoms with Crippen LogP contribution in [0.3, 0.4) is 0 Å². The highest BCUT2D eigenvalue weighted by atomic mass is 32.2. The van der Waals surface area contributed by atoms with Gasteiger partial charge in [0.1, 0.15) is 17.0 Å². The first-order chi connectivity index (χ1) is 17.1. The van der Waals surface area contributed by atoms with Gasteiger partial charge in [-0.25, -0.2) is 14.6 Å². The van der Waals surface area contributed by atoms with Crippen molar-refractivity contribution in [1.29, 1.82) is 0 Å². The number of carbonyl (C=O) groups is 1. The fourth-order valence-electron chi connectivity index (χ4n) is 3.99. The van der Waals surface area contributed by atoms with E-state index >= 15 is 0 Å². The number of amides is 1. The lowest BCUT2D eigenvalue weighted by Crippen LogP contribution is -2.30. The molecule has 5 aromatic rings. The second kappa shape index (κ2) is 10.1. The normalized spacial score (nSPS) is 12.3. The Morgan fingerprint density at radius 3 is 2.69 bits per heavy atom. The Bertz CT molecular complexity index is 1490. The maximum atomic E-state index is 12.9. The van der Waals surface area contributed by atoms with Crippen molar-refractivity contribution in [3.05, 3.63) is 82.8 Å². The molecule has 3 heterocycles. The number of thioether (sulfide) groups is 1. The smallest absolute Gasteiger partial charge is 0.262 e. The van der Waals surface area contributed by atoms with Crippen LogP contribution in [-0.2, 0) is 11.2 Å². The molecule has 0 saturated carbocycles. The molecule has 0 radical (unpaired) electrons. The molecule has 0 bridgehead atoms. The summed E-state index contributed by atoms with van der Waals surface area (Å²) in [7, 11) is 0. The monoisotopic (exact) mass is 487 g/mol. The number of hydrogen-bond acceptors (Lipinski definition) is 6. The van der Waals surface area contributed by atoms with Gasteiger partial charge in [-0.2, -0.15) is 16.9 Å². The van der Waals surface area contributed by atoms with E-state index in [1.807, 2.05) is 60.9 Å². The number of H-pyrrole nitrogens is 2. The summed E-state index contributed by atoms with van der Waals surface area (Å²) in [5, 5.41) is 7.83. The molecule has 0 aliphatic carbocycles. The van der Waals surface area contributed by atoms with Gasteiger partial charge < -0.3 is 15.3 Å². The van der Waals surface area contributed by atoms with Crippen LogP contribution >= 0.6 is 11.8 Å². The maximum Gasteiger partial charge on any atom is 0.262 e. The summed E-state index contributed by atoms with van der Waals surface area (Å²) >= 11 is 1.72. The van der Waals surface area contributed by atoms with Crippen LogP contribution in [0.15, 0.2) is 65.6 Å². The van der Waals surface area contributed by atoms with E-state index in [1.54, 1.807) is 16.4 Å². The number of aromatic nitrogens is 6. The number of carbonyl (C=O) groups excluding carboxylic acids is 1. The van der Waals surface area contributed by atoms with Crippen LogP contribution < -0.4 is 10.9 Å². The second-order valence-electron chi connectivity index (χ2n) is 8.18. The van der Waals surface area contributed by atoms with Gasteiger partial charge in [-0.1, -0.05) is 30.3 Å². The molecule has 10 heteroatoms. The summed E-state index contributed by atoms with van der Waals surface area (Å²) in [4.78, 5) is 40.8. The highest BCUT2D eigenvalue weighted by Gasteiger charge is 2.19. The molecule has 9 nitrogen and oxygen atoms in total. The molecular weight excluding hydrogens is 462 g/mol. The van der Waals surface area contributed by atoms with Crippen LogP contribution in [0.25, 0.3) is 27.8 Å². The van der Waals surface area contributed by atoms with Gasteiger partial charge in [-0.05, 0) is 42.7 Å². The van der Waals surface area contributed by atoms with Crippen molar-refractivity contribution < 1.29 is 4.79 Å². The Kier molecular flexibility index (Phi) is 6.62. The average Bonchev–Trinajstić information content (AvgIpc) is 3.50. The third-order valence-electron chi connectivity index (χ3n) is 5.76. The Balaban J connectivity index is 1.32. The van der Waals surface area contributed by atoms with Crippen molar-refractivity contribution in [1.82, 2.24) is 35.0 Å². The van der Waals surface area contributed by atoms with Crippen LogP contribution in [0.2, 0.25) is 0 Å². The van der Waals surface area contributed by atoms with Crippen molar-refractivity contribution in [2.75, 3.05) is 12.0 Å². The zero-order valence-electron chi connectivity index (χ0n) is 19.2. The second-order valence-corrected chi connectivity index (χ2v) is 9.17. The molecule has 3 N–H and O–H groups in total. The first-order valence-corrected chi connectivity index (χ1v) is 12.8. The minimum Gasteiger partial charge on any atom is -0.346 e. The van der Waals surface area contributed by atoms with Crippen molar-refractivity contribution in [2.24, 2.45) is 0 Å². The van der Waals surface area contributed by atoms with E-state index in [4.69, 9.17) is 0 Å². The molecule has 3 aromatic heterocycles. The standard InChI is InChI=1S/C25H25N7O2S/c1-35-14-13-20(23-28-18-9-5-6-10-19(18)29-23)27-22(33)12-11-21-30-24-17(25(34)31-21)15-26-32(24)16-7-3-2-4-8-16/h2-10,15,20H,11-14H2,1H3,(H,27,33)(H,28,29)(H,30,31,34). The highest BCUT2D eigenvalue weighted by Crippen LogP contribution is 2.20. The first kappa shape index (κ1) is 22.9. The van der Waals surface area contributed by atoms with Gasteiger partial charge in [0.25, 0.3) is 5.56 Å². The number of aryl methyl sites for hydroxylation is 1. The molecule has 0 fully saturated rings. The Hall–Kier alpha value is -3.92. The van der Waals surface area contributed by atoms with Crippen molar-refractivity contribution in [3.8, 4) is 5.69 Å². The number of hydrogen-bond donors (Lipinski definition) is 3. The molecule has 178 valence electrons. The predicted octanol–water partition coefficient (Wildman–Crippen LogP) is 3.53. The van der Waals surface area contributed by atoms with E-state index in [2.05, 4.69) is 30.4 Å². The van der Waals surface area contributed by atoms with Crippen LogP contribution in [0.1, 0.15) is 30.5 Å². The van der Waals surface area contributed by atoms with Gasteiger partial charge >= 0.3 is 0 Å². The van der Waals surface area contributed by atoms with Crippen LogP contribution in [0, 0.1) is 0 Å². The van der Waals surface area contributed by atoms with Gasteiger partial charge in [0.05, 0.1) is 29.0 Å². The molecule has 0 aliphatic rings. The van der Waals surface area contributed by atoms with Crippen molar-refractivity contribution in [3.63, 3.8) is 0 Å². The molecule has 35 heavy (non-hydrogen) atoms. The van der Waals surface area contributed by atoms with Crippen LogP contribution in [0.5, 0.6) is 0 Å². The number of imidazole rings is 1. The number of nitrogens with one attached hydrogen (secondary N) is 3. The SMILES string of the molecule is CSCCC(NC(=O)CCc1nc2c(cnn2-c2ccccc2)c(=O)[nH]1)c1nc2ccccc2[nH]1. The Labute approximate surface area is 205 Å². The molecule has 1 amide bonds. The quantitative estimate of drug-likeness (QED) is 0.292. The minimum atomic E-state index is -0.271. The number of benzene rings is 2. The number of para-hydroxylation sites is 3. The maximum absolute atomic E-state index is 12.9. The van der Waals surface area contributed by atoms with Crippen molar-refractivity contribution in [2.45, 2.75) is 25.3 Å². The zero-order valence-corrected chi connectivity index (χ0v) is 20.0. The van der Waals surface area contributed by atoms with E-state index in [0.717, 1.165) is 34.7 Å². The first-order valence-electron chi connectivity index (χ1n) is 11.4. The fraction of sp³-hybridized carbons (Fsp3) is 0.240. The summed E-state index contributed by atoms with van der Waals surface area (Å²) < 4.78 is 1.63.